The molecule has 6 heteroatoms. The van der Waals surface area contributed by atoms with Gasteiger partial charge < -0.3 is 15.0 Å². The maximum Gasteiger partial charge on any atom is 0.321 e. The number of carbonyl (C=O) groups excluding carboxylic acids is 1. The lowest BCUT2D eigenvalue weighted by atomic mass is 10.2. The van der Waals surface area contributed by atoms with Gasteiger partial charge in [0.1, 0.15) is 0 Å². The second kappa shape index (κ2) is 8.37. The highest BCUT2D eigenvalue weighted by atomic mass is 16.5. The third-order valence-corrected chi connectivity index (χ3v) is 3.73. The zero-order valence-electron chi connectivity index (χ0n) is 12.9. The topological polar surface area (TPSA) is 68.6 Å². The molecule has 2 rings (SSSR count). The highest BCUT2D eigenvalue weighted by Crippen LogP contribution is 2.11. The van der Waals surface area contributed by atoms with Gasteiger partial charge in [0.2, 0.25) is 0 Å². The average molecular weight is 302 g/mol. The Balaban J connectivity index is 1.78. The van der Waals surface area contributed by atoms with Crippen LogP contribution in [0.5, 0.6) is 0 Å². The molecule has 1 aromatic rings. The van der Waals surface area contributed by atoms with Crippen molar-refractivity contribution in [3.05, 3.63) is 29.8 Å². The molecule has 0 spiro atoms. The van der Waals surface area contributed by atoms with E-state index >= 15 is 0 Å². The van der Waals surface area contributed by atoms with Gasteiger partial charge in [0.15, 0.2) is 0 Å². The van der Waals surface area contributed by atoms with Crippen LogP contribution < -0.4 is 5.32 Å². The molecule has 1 aliphatic heterocycles. The average Bonchev–Trinajstić information content (AvgIpc) is 2.56. The molecule has 22 heavy (non-hydrogen) atoms. The Morgan fingerprint density at radius 3 is 2.82 bits per heavy atom. The Hall–Kier alpha value is -2.10. The number of nitrogens with zero attached hydrogens (tertiary/aromatic N) is 3. The molecule has 118 valence electrons. The highest BCUT2D eigenvalue weighted by molar-refractivity contribution is 5.89. The predicted molar refractivity (Wildman–Crippen MR) is 84.7 cm³/mol. The molecule has 0 radical (unpaired) electrons. The van der Waals surface area contributed by atoms with Crippen molar-refractivity contribution < 1.29 is 9.53 Å². The molecule has 0 bridgehead atoms. The second-order valence-electron chi connectivity index (χ2n) is 5.30. The van der Waals surface area contributed by atoms with Crippen molar-refractivity contribution in [1.29, 1.82) is 5.26 Å². The largest absolute Gasteiger partial charge is 0.385 e. The number of hydrogen-bond acceptors (Lipinski definition) is 4. The SMILES string of the molecule is COCCCN1CCN(C(=O)Nc2cccc(C#N)c2)CC1. The molecule has 0 saturated carbocycles. The van der Waals surface area contributed by atoms with E-state index in [1.807, 2.05) is 4.90 Å². The number of hydrogen-bond donors (Lipinski definition) is 1. The fourth-order valence-corrected chi connectivity index (χ4v) is 2.48. The Morgan fingerprint density at radius 1 is 1.36 bits per heavy atom. The van der Waals surface area contributed by atoms with Gasteiger partial charge in [-0.1, -0.05) is 6.07 Å². The van der Waals surface area contributed by atoms with Crippen molar-refractivity contribution in [3.8, 4) is 6.07 Å². The zero-order valence-corrected chi connectivity index (χ0v) is 12.9. The number of methoxy groups -OCH3 is 1. The third-order valence-electron chi connectivity index (χ3n) is 3.73. The van der Waals surface area contributed by atoms with E-state index in [2.05, 4.69) is 16.3 Å². The summed E-state index contributed by atoms with van der Waals surface area (Å²) in [6.07, 6.45) is 1.02. The van der Waals surface area contributed by atoms with E-state index in [4.69, 9.17) is 10.00 Å². The minimum Gasteiger partial charge on any atom is -0.385 e. The van der Waals surface area contributed by atoms with Gasteiger partial charge in [0, 0.05) is 52.1 Å². The summed E-state index contributed by atoms with van der Waals surface area (Å²) < 4.78 is 5.05. The molecule has 0 aromatic heterocycles. The van der Waals surface area contributed by atoms with Gasteiger partial charge >= 0.3 is 6.03 Å². The lowest BCUT2D eigenvalue weighted by Crippen LogP contribution is -2.50. The Bertz CT molecular complexity index is 533. The van der Waals surface area contributed by atoms with Crippen LogP contribution in [0.4, 0.5) is 10.5 Å². The van der Waals surface area contributed by atoms with Crippen LogP contribution in [-0.2, 0) is 4.74 Å². The fraction of sp³-hybridized carbons (Fsp3) is 0.500. The van der Waals surface area contributed by atoms with E-state index in [0.29, 0.717) is 11.3 Å². The Labute approximate surface area is 131 Å². The van der Waals surface area contributed by atoms with Gasteiger partial charge in [-0.15, -0.1) is 0 Å². The summed E-state index contributed by atoms with van der Waals surface area (Å²) in [6, 6.07) is 8.92. The van der Waals surface area contributed by atoms with Crippen molar-refractivity contribution >= 4 is 11.7 Å². The molecule has 1 heterocycles. The second-order valence-corrected chi connectivity index (χ2v) is 5.30. The van der Waals surface area contributed by atoms with Crippen LogP contribution in [-0.4, -0.2) is 62.3 Å². The molecule has 1 N–H and O–H groups in total. The van der Waals surface area contributed by atoms with Gasteiger partial charge in [0.05, 0.1) is 11.6 Å². The first kappa shape index (κ1) is 16.3. The quantitative estimate of drug-likeness (QED) is 0.841. The molecule has 2 amide bonds. The number of piperazine rings is 1. The molecule has 1 saturated heterocycles. The molecular weight excluding hydrogens is 280 g/mol. The van der Waals surface area contributed by atoms with Crippen LogP contribution in [0, 0.1) is 11.3 Å². The normalized spacial score (nSPS) is 15.4. The molecular formula is C16H22N4O2. The number of anilines is 1. The number of benzene rings is 1. The summed E-state index contributed by atoms with van der Waals surface area (Å²) in [5.74, 6) is 0. The molecule has 0 atom stereocenters. The minimum atomic E-state index is -0.105. The lowest BCUT2D eigenvalue weighted by molar-refractivity contribution is 0.130. The van der Waals surface area contributed by atoms with Gasteiger partial charge in [-0.25, -0.2) is 4.79 Å². The predicted octanol–water partition coefficient (Wildman–Crippen LogP) is 1.74. The van der Waals surface area contributed by atoms with Crippen molar-refractivity contribution in [1.82, 2.24) is 9.80 Å². The number of rotatable bonds is 5. The number of urea groups is 1. The number of amides is 2. The summed E-state index contributed by atoms with van der Waals surface area (Å²) in [7, 11) is 1.71. The van der Waals surface area contributed by atoms with Crippen LogP contribution in [0.25, 0.3) is 0 Å². The number of carbonyl (C=O) groups is 1. The van der Waals surface area contributed by atoms with E-state index in [1.54, 1.807) is 31.4 Å². The van der Waals surface area contributed by atoms with Crippen LogP contribution in [0.1, 0.15) is 12.0 Å². The Kier molecular flexibility index (Phi) is 6.19. The van der Waals surface area contributed by atoms with Crippen molar-refractivity contribution in [2.24, 2.45) is 0 Å². The molecule has 1 aromatic carbocycles. The lowest BCUT2D eigenvalue weighted by Gasteiger charge is -2.34. The van der Waals surface area contributed by atoms with Crippen molar-refractivity contribution in [3.63, 3.8) is 0 Å². The number of nitrogens with one attached hydrogen (secondary N) is 1. The van der Waals surface area contributed by atoms with Gasteiger partial charge in [-0.2, -0.15) is 5.26 Å². The molecule has 0 aliphatic carbocycles. The van der Waals surface area contributed by atoms with Gasteiger partial charge in [0.25, 0.3) is 0 Å². The Morgan fingerprint density at radius 2 is 2.14 bits per heavy atom. The maximum atomic E-state index is 12.2. The molecule has 1 fully saturated rings. The third kappa shape index (κ3) is 4.72. The summed E-state index contributed by atoms with van der Waals surface area (Å²) >= 11 is 0. The molecule has 6 nitrogen and oxygen atoms in total. The van der Waals surface area contributed by atoms with Crippen molar-refractivity contribution in [2.75, 3.05) is 51.8 Å². The first-order valence-corrected chi connectivity index (χ1v) is 7.50. The maximum absolute atomic E-state index is 12.2. The van der Waals surface area contributed by atoms with Crippen LogP contribution >= 0.6 is 0 Å². The van der Waals surface area contributed by atoms with Gasteiger partial charge in [-0.05, 0) is 24.6 Å². The molecule has 1 aliphatic rings. The van der Waals surface area contributed by atoms with E-state index in [0.717, 1.165) is 45.8 Å². The van der Waals surface area contributed by atoms with Gasteiger partial charge in [-0.3, -0.25) is 4.90 Å². The number of nitriles is 1. The van der Waals surface area contributed by atoms with Crippen LogP contribution in [0.2, 0.25) is 0 Å². The van der Waals surface area contributed by atoms with E-state index in [9.17, 15) is 4.79 Å². The standard InChI is InChI=1S/C16H22N4O2/c1-22-11-3-6-19-7-9-20(10-8-19)16(21)18-15-5-2-4-14(12-15)13-17/h2,4-5,12H,3,6-11H2,1H3,(H,18,21). The van der Waals surface area contributed by atoms with E-state index in [1.165, 1.54) is 0 Å². The fourth-order valence-electron chi connectivity index (χ4n) is 2.48. The number of ether oxygens (including phenoxy) is 1. The zero-order chi connectivity index (χ0) is 15.8. The summed E-state index contributed by atoms with van der Waals surface area (Å²) in [4.78, 5) is 16.4. The van der Waals surface area contributed by atoms with E-state index < -0.39 is 0 Å². The summed E-state index contributed by atoms with van der Waals surface area (Å²) in [5.41, 5.74) is 1.20. The smallest absolute Gasteiger partial charge is 0.321 e. The minimum absolute atomic E-state index is 0.105. The molecule has 0 unspecified atom stereocenters. The first-order valence-electron chi connectivity index (χ1n) is 7.50. The van der Waals surface area contributed by atoms with Crippen LogP contribution in [0.3, 0.4) is 0 Å². The van der Waals surface area contributed by atoms with Crippen LogP contribution in [0.15, 0.2) is 24.3 Å². The van der Waals surface area contributed by atoms with E-state index in [-0.39, 0.29) is 6.03 Å². The summed E-state index contributed by atoms with van der Waals surface area (Å²) in [5, 5.41) is 11.7. The monoisotopic (exact) mass is 302 g/mol. The summed E-state index contributed by atoms with van der Waals surface area (Å²) in [6.45, 7) is 4.99. The first-order chi connectivity index (χ1) is 10.7. The highest BCUT2D eigenvalue weighted by Gasteiger charge is 2.20. The van der Waals surface area contributed by atoms with Crippen molar-refractivity contribution in [2.45, 2.75) is 6.42 Å².